The van der Waals surface area contributed by atoms with Crippen LogP contribution in [0.1, 0.15) is 46.0 Å². The summed E-state index contributed by atoms with van der Waals surface area (Å²) in [7, 11) is 0. The van der Waals surface area contributed by atoms with Crippen molar-refractivity contribution < 1.29 is 4.79 Å². The van der Waals surface area contributed by atoms with Gasteiger partial charge < -0.3 is 5.73 Å². The van der Waals surface area contributed by atoms with Gasteiger partial charge in [0.25, 0.3) is 0 Å². The van der Waals surface area contributed by atoms with Gasteiger partial charge in [-0.15, -0.1) is 0 Å². The summed E-state index contributed by atoms with van der Waals surface area (Å²) in [4.78, 5) is 13.5. The molecule has 0 spiro atoms. The van der Waals surface area contributed by atoms with Crippen LogP contribution in [0.15, 0.2) is 4.99 Å². The summed E-state index contributed by atoms with van der Waals surface area (Å²) in [5.74, 6) is 0.618. The monoisotopic (exact) mass is 198 g/mol. The van der Waals surface area contributed by atoms with Crippen LogP contribution in [0.3, 0.4) is 0 Å². The van der Waals surface area contributed by atoms with Gasteiger partial charge in [-0.05, 0) is 25.7 Å². The molecule has 0 aliphatic rings. The van der Waals surface area contributed by atoms with Crippen LogP contribution in [0, 0.1) is 5.92 Å². The molecule has 14 heavy (non-hydrogen) atoms. The maximum absolute atomic E-state index is 9.91. The number of unbranched alkanes of at least 4 members (excludes halogenated alkanes) is 1. The lowest BCUT2D eigenvalue weighted by molar-refractivity contribution is 0.385. The van der Waals surface area contributed by atoms with Gasteiger partial charge >= 0.3 is 0 Å². The van der Waals surface area contributed by atoms with Crippen LogP contribution in [0.2, 0.25) is 0 Å². The number of nitrogens with zero attached hydrogens (tertiary/aromatic N) is 1. The molecule has 0 aromatic rings. The molecule has 2 unspecified atom stereocenters. The third kappa shape index (κ3) is 7.96. The minimum Gasteiger partial charge on any atom is -0.328 e. The first-order chi connectivity index (χ1) is 6.70. The second kappa shape index (κ2) is 8.92. The Morgan fingerprint density at radius 1 is 1.43 bits per heavy atom. The van der Waals surface area contributed by atoms with Crippen LogP contribution in [-0.4, -0.2) is 18.7 Å². The van der Waals surface area contributed by atoms with Crippen molar-refractivity contribution in [1.82, 2.24) is 0 Å². The molecule has 82 valence electrons. The number of rotatable bonds is 8. The Balaban J connectivity index is 3.77. The zero-order chi connectivity index (χ0) is 10.8. The number of nitrogens with two attached hydrogens (primary N) is 1. The molecule has 0 rings (SSSR count). The first-order valence-corrected chi connectivity index (χ1v) is 5.49. The average Bonchev–Trinajstić information content (AvgIpc) is 2.13. The van der Waals surface area contributed by atoms with Gasteiger partial charge in [-0.25, -0.2) is 9.79 Å². The molecule has 2 N–H and O–H groups in total. The normalized spacial score (nSPS) is 14.5. The molecule has 0 heterocycles. The number of aliphatic imine (C=N–C) groups is 1. The molecule has 0 saturated heterocycles. The second-order valence-corrected chi connectivity index (χ2v) is 3.98. The molecule has 0 amide bonds. The van der Waals surface area contributed by atoms with E-state index < -0.39 is 0 Å². The van der Waals surface area contributed by atoms with Gasteiger partial charge in [-0.2, -0.15) is 0 Å². The molecule has 0 aromatic carbocycles. The highest BCUT2D eigenvalue weighted by molar-refractivity contribution is 5.32. The fraction of sp³-hybridized carbons (Fsp3) is 0.909. The minimum absolute atomic E-state index is 0.247. The fourth-order valence-electron chi connectivity index (χ4n) is 1.69. The molecule has 3 nitrogen and oxygen atoms in total. The van der Waals surface area contributed by atoms with E-state index in [4.69, 9.17) is 5.73 Å². The van der Waals surface area contributed by atoms with Crippen molar-refractivity contribution in [3.05, 3.63) is 0 Å². The van der Waals surface area contributed by atoms with Crippen molar-refractivity contribution in [2.45, 2.75) is 52.0 Å². The van der Waals surface area contributed by atoms with Crippen molar-refractivity contribution in [3.63, 3.8) is 0 Å². The first kappa shape index (κ1) is 13.3. The third-order valence-electron chi connectivity index (χ3n) is 2.38. The van der Waals surface area contributed by atoms with E-state index in [2.05, 4.69) is 11.9 Å². The van der Waals surface area contributed by atoms with Crippen LogP contribution >= 0.6 is 0 Å². The van der Waals surface area contributed by atoms with Gasteiger partial charge in [-0.1, -0.05) is 26.2 Å². The van der Waals surface area contributed by atoms with Crippen LogP contribution in [-0.2, 0) is 4.79 Å². The smallest absolute Gasteiger partial charge is 0.234 e. The number of isocyanates is 1. The SMILES string of the molecule is CCCCC(CCN=C=O)CC(C)N. The summed E-state index contributed by atoms with van der Waals surface area (Å²) in [6, 6.07) is 0.247. The van der Waals surface area contributed by atoms with E-state index in [0.29, 0.717) is 12.5 Å². The number of carbonyl (C=O) groups excluding carboxylic acids is 1. The maximum atomic E-state index is 9.91. The maximum Gasteiger partial charge on any atom is 0.234 e. The molecule has 2 atom stereocenters. The van der Waals surface area contributed by atoms with E-state index >= 15 is 0 Å². The van der Waals surface area contributed by atoms with Gasteiger partial charge in [0.05, 0.1) is 6.54 Å². The third-order valence-corrected chi connectivity index (χ3v) is 2.38. The molecule has 0 aliphatic carbocycles. The predicted octanol–water partition coefficient (Wildman–Crippen LogP) is 2.26. The zero-order valence-corrected chi connectivity index (χ0v) is 9.33. The van der Waals surface area contributed by atoms with Gasteiger partial charge in [0.2, 0.25) is 6.08 Å². The Labute approximate surface area is 86.8 Å². The van der Waals surface area contributed by atoms with E-state index in [1.54, 1.807) is 6.08 Å². The highest BCUT2D eigenvalue weighted by atomic mass is 16.1. The van der Waals surface area contributed by atoms with E-state index in [9.17, 15) is 4.79 Å². The van der Waals surface area contributed by atoms with Crippen LogP contribution in [0.25, 0.3) is 0 Å². The molecule has 0 radical (unpaired) electrons. The quantitative estimate of drug-likeness (QED) is 0.480. The summed E-state index contributed by atoms with van der Waals surface area (Å²) in [5.41, 5.74) is 5.76. The number of hydrogen-bond acceptors (Lipinski definition) is 3. The average molecular weight is 198 g/mol. The molecular weight excluding hydrogens is 176 g/mol. The lowest BCUT2D eigenvalue weighted by atomic mass is 9.92. The summed E-state index contributed by atoms with van der Waals surface area (Å²) in [6.07, 6.45) is 7.24. The molecular formula is C11H22N2O. The lowest BCUT2D eigenvalue weighted by Crippen LogP contribution is -2.20. The molecule has 0 saturated carbocycles. The Hall–Kier alpha value is -0.660. The topological polar surface area (TPSA) is 55.5 Å². The van der Waals surface area contributed by atoms with Gasteiger partial charge in [0.1, 0.15) is 0 Å². The number of hydrogen-bond donors (Lipinski definition) is 1. The first-order valence-electron chi connectivity index (χ1n) is 5.49. The summed E-state index contributed by atoms with van der Waals surface area (Å²) in [6.45, 7) is 4.82. The fourth-order valence-corrected chi connectivity index (χ4v) is 1.69. The molecule has 3 heteroatoms. The van der Waals surface area contributed by atoms with Crippen molar-refractivity contribution >= 4 is 6.08 Å². The highest BCUT2D eigenvalue weighted by Crippen LogP contribution is 2.18. The summed E-state index contributed by atoms with van der Waals surface area (Å²) >= 11 is 0. The van der Waals surface area contributed by atoms with Gasteiger partial charge in [0, 0.05) is 6.04 Å². The van der Waals surface area contributed by atoms with Crippen LogP contribution < -0.4 is 5.73 Å². The van der Waals surface area contributed by atoms with Crippen molar-refractivity contribution in [1.29, 1.82) is 0 Å². The Morgan fingerprint density at radius 3 is 2.64 bits per heavy atom. The van der Waals surface area contributed by atoms with Crippen molar-refractivity contribution in [2.24, 2.45) is 16.6 Å². The Morgan fingerprint density at radius 2 is 2.14 bits per heavy atom. The molecule has 0 aromatic heterocycles. The largest absolute Gasteiger partial charge is 0.328 e. The lowest BCUT2D eigenvalue weighted by Gasteiger charge is -2.17. The van der Waals surface area contributed by atoms with E-state index in [1.807, 2.05) is 6.92 Å². The summed E-state index contributed by atoms with van der Waals surface area (Å²) < 4.78 is 0. The minimum atomic E-state index is 0.247. The predicted molar refractivity (Wildman–Crippen MR) is 58.9 cm³/mol. The van der Waals surface area contributed by atoms with Crippen LogP contribution in [0.5, 0.6) is 0 Å². The molecule has 0 fully saturated rings. The van der Waals surface area contributed by atoms with Crippen molar-refractivity contribution in [3.8, 4) is 0 Å². The second-order valence-electron chi connectivity index (χ2n) is 3.98. The van der Waals surface area contributed by atoms with Gasteiger partial charge in [0.15, 0.2) is 0 Å². The van der Waals surface area contributed by atoms with E-state index in [0.717, 1.165) is 12.8 Å². The van der Waals surface area contributed by atoms with E-state index in [1.165, 1.54) is 19.3 Å². The van der Waals surface area contributed by atoms with E-state index in [-0.39, 0.29) is 6.04 Å². The zero-order valence-electron chi connectivity index (χ0n) is 9.33. The standard InChI is InChI=1S/C11H22N2O/c1-3-4-5-11(8-10(2)12)6-7-13-9-14/h10-11H,3-8,12H2,1-2H3. The Kier molecular flexibility index (Phi) is 8.50. The Bertz CT molecular complexity index is 174. The molecule has 0 aliphatic heterocycles. The highest BCUT2D eigenvalue weighted by Gasteiger charge is 2.09. The van der Waals surface area contributed by atoms with Gasteiger partial charge in [-0.3, -0.25) is 0 Å². The summed E-state index contributed by atoms with van der Waals surface area (Å²) in [5, 5.41) is 0. The van der Waals surface area contributed by atoms with Crippen LogP contribution in [0.4, 0.5) is 0 Å². The van der Waals surface area contributed by atoms with Crippen molar-refractivity contribution in [2.75, 3.05) is 6.54 Å². The molecule has 0 bridgehead atoms.